The van der Waals surface area contributed by atoms with Crippen molar-refractivity contribution in [2.75, 3.05) is 49.2 Å². The zero-order chi connectivity index (χ0) is 20.6. The van der Waals surface area contributed by atoms with Gasteiger partial charge in [0.25, 0.3) is 0 Å². The molecule has 1 aliphatic carbocycles. The van der Waals surface area contributed by atoms with Crippen molar-refractivity contribution in [3.63, 3.8) is 0 Å². The second kappa shape index (κ2) is 8.16. The molecule has 1 spiro atoms. The molecule has 3 aliphatic rings. The summed E-state index contributed by atoms with van der Waals surface area (Å²) in [5.41, 5.74) is 2.01. The summed E-state index contributed by atoms with van der Waals surface area (Å²) in [7, 11) is 0. The molecule has 2 saturated heterocycles. The third kappa shape index (κ3) is 4.16. The molecule has 0 N–H and O–H groups in total. The number of ether oxygens (including phenoxy) is 1. The van der Waals surface area contributed by atoms with Crippen LogP contribution in [0.3, 0.4) is 0 Å². The highest BCUT2D eigenvalue weighted by Gasteiger charge is 2.44. The van der Waals surface area contributed by atoms with Crippen molar-refractivity contribution in [3.8, 4) is 0 Å². The summed E-state index contributed by atoms with van der Waals surface area (Å²) < 4.78 is 5.42. The number of piperidine rings is 1. The van der Waals surface area contributed by atoms with Crippen LogP contribution < -0.4 is 9.80 Å². The number of rotatable bonds is 5. The highest BCUT2D eigenvalue weighted by atomic mass is 35.5. The number of ketones is 1. The van der Waals surface area contributed by atoms with Gasteiger partial charge in [-0.2, -0.15) is 0 Å². The van der Waals surface area contributed by atoms with Crippen molar-refractivity contribution < 1.29 is 9.53 Å². The van der Waals surface area contributed by atoms with Gasteiger partial charge in [-0.15, -0.1) is 0 Å². The second-order valence-corrected chi connectivity index (χ2v) is 9.07. The smallest absolute Gasteiger partial charge is 0.185 e. The largest absolute Gasteiger partial charge is 0.378 e. The SMILES string of the molecule is O=C(Cc1ccc(Cl)nc1N1CCC2(CC1)CC2)c1cccc(N2CCOCC2)n1. The van der Waals surface area contributed by atoms with E-state index >= 15 is 0 Å². The maximum atomic E-state index is 13.1. The Kier molecular flexibility index (Phi) is 5.37. The summed E-state index contributed by atoms with van der Waals surface area (Å²) >= 11 is 6.21. The average molecular weight is 427 g/mol. The van der Waals surface area contributed by atoms with Gasteiger partial charge in [0, 0.05) is 38.2 Å². The third-order valence-electron chi connectivity index (χ3n) is 6.71. The van der Waals surface area contributed by atoms with E-state index in [0.717, 1.165) is 43.4 Å². The number of anilines is 2. The number of halogens is 1. The molecule has 2 aliphatic heterocycles. The minimum absolute atomic E-state index is 0.00570. The lowest BCUT2D eigenvalue weighted by atomic mass is 9.93. The molecule has 158 valence electrons. The van der Waals surface area contributed by atoms with Crippen LogP contribution in [0, 0.1) is 5.41 Å². The maximum Gasteiger partial charge on any atom is 0.185 e. The molecule has 5 rings (SSSR count). The van der Waals surface area contributed by atoms with E-state index in [1.165, 1.54) is 25.7 Å². The number of hydrogen-bond donors (Lipinski definition) is 0. The summed E-state index contributed by atoms with van der Waals surface area (Å²) in [4.78, 5) is 26.8. The Labute approximate surface area is 182 Å². The quantitative estimate of drug-likeness (QED) is 0.535. The van der Waals surface area contributed by atoms with Gasteiger partial charge in [0.1, 0.15) is 22.5 Å². The lowest BCUT2D eigenvalue weighted by Gasteiger charge is -2.34. The first-order chi connectivity index (χ1) is 14.6. The summed E-state index contributed by atoms with van der Waals surface area (Å²) in [6.45, 7) is 4.95. The molecule has 2 aromatic heterocycles. The summed E-state index contributed by atoms with van der Waals surface area (Å²) in [5, 5.41) is 0.473. The Hall–Kier alpha value is -2.18. The van der Waals surface area contributed by atoms with E-state index in [1.54, 1.807) is 12.1 Å². The first kappa shape index (κ1) is 19.8. The number of morpholine rings is 1. The normalized spacial score (nSPS) is 20.4. The van der Waals surface area contributed by atoms with Crippen LogP contribution in [0.1, 0.15) is 41.7 Å². The molecular formula is C23H27ClN4O2. The van der Waals surface area contributed by atoms with Crippen molar-refractivity contribution >= 4 is 29.0 Å². The molecule has 0 atom stereocenters. The van der Waals surface area contributed by atoms with Crippen LogP contribution in [-0.4, -0.2) is 55.1 Å². The van der Waals surface area contributed by atoms with Gasteiger partial charge in [-0.05, 0) is 49.3 Å². The molecule has 0 amide bonds. The van der Waals surface area contributed by atoms with Crippen molar-refractivity contribution in [1.29, 1.82) is 0 Å². The molecule has 0 bridgehead atoms. The molecule has 2 aromatic rings. The van der Waals surface area contributed by atoms with Crippen LogP contribution in [0.5, 0.6) is 0 Å². The number of Topliss-reactive ketones (excluding diaryl/α,β-unsaturated/α-hetero) is 1. The number of carbonyl (C=O) groups excluding carboxylic acids is 1. The summed E-state index contributed by atoms with van der Waals surface area (Å²) in [6.07, 6.45) is 5.41. The molecule has 6 nitrogen and oxygen atoms in total. The van der Waals surface area contributed by atoms with E-state index in [2.05, 4.69) is 19.8 Å². The fourth-order valence-electron chi connectivity index (χ4n) is 4.55. The highest BCUT2D eigenvalue weighted by molar-refractivity contribution is 6.29. The minimum Gasteiger partial charge on any atom is -0.378 e. The topological polar surface area (TPSA) is 58.6 Å². The number of hydrogen-bond acceptors (Lipinski definition) is 6. The molecule has 0 radical (unpaired) electrons. The molecule has 0 unspecified atom stereocenters. The summed E-state index contributed by atoms with van der Waals surface area (Å²) in [6, 6.07) is 9.38. The zero-order valence-electron chi connectivity index (χ0n) is 17.1. The fourth-order valence-corrected chi connectivity index (χ4v) is 4.69. The molecule has 1 saturated carbocycles. The number of nitrogens with zero attached hydrogens (tertiary/aromatic N) is 4. The predicted octanol–water partition coefficient (Wildman–Crippen LogP) is 3.77. The van der Waals surface area contributed by atoms with Crippen LogP contribution in [0.4, 0.5) is 11.6 Å². The van der Waals surface area contributed by atoms with Gasteiger partial charge >= 0.3 is 0 Å². The Morgan fingerprint density at radius 3 is 2.47 bits per heavy atom. The number of pyridine rings is 2. The molecular weight excluding hydrogens is 400 g/mol. The molecule has 4 heterocycles. The van der Waals surface area contributed by atoms with Gasteiger partial charge in [-0.1, -0.05) is 23.7 Å². The van der Waals surface area contributed by atoms with Crippen molar-refractivity contribution in [1.82, 2.24) is 9.97 Å². The van der Waals surface area contributed by atoms with E-state index < -0.39 is 0 Å². The van der Waals surface area contributed by atoms with Crippen LogP contribution in [0.15, 0.2) is 30.3 Å². The molecule has 7 heteroatoms. The minimum atomic E-state index is 0.00570. The molecule has 30 heavy (non-hydrogen) atoms. The Morgan fingerprint density at radius 1 is 0.967 bits per heavy atom. The van der Waals surface area contributed by atoms with Crippen LogP contribution >= 0.6 is 11.6 Å². The fraction of sp³-hybridized carbons (Fsp3) is 0.522. The van der Waals surface area contributed by atoms with Crippen molar-refractivity contribution in [3.05, 3.63) is 46.7 Å². The van der Waals surface area contributed by atoms with E-state index in [0.29, 0.717) is 29.5 Å². The highest BCUT2D eigenvalue weighted by Crippen LogP contribution is 2.54. The van der Waals surface area contributed by atoms with Gasteiger partial charge < -0.3 is 14.5 Å². The standard InChI is InChI=1S/C23H27ClN4O2/c24-20-5-4-17(22(26-20)28-10-8-23(6-7-23)9-11-28)16-19(29)18-2-1-3-21(25-18)27-12-14-30-15-13-27/h1-5H,6-16H2. The number of aromatic nitrogens is 2. The Balaban J connectivity index is 1.33. The van der Waals surface area contributed by atoms with Gasteiger partial charge in [0.15, 0.2) is 5.78 Å². The van der Waals surface area contributed by atoms with Gasteiger partial charge in [0.2, 0.25) is 0 Å². The van der Waals surface area contributed by atoms with E-state index in [1.807, 2.05) is 18.2 Å². The average Bonchev–Trinajstić information content (AvgIpc) is 3.55. The van der Waals surface area contributed by atoms with Crippen LogP contribution in [0.2, 0.25) is 5.15 Å². The first-order valence-electron chi connectivity index (χ1n) is 10.9. The van der Waals surface area contributed by atoms with Crippen molar-refractivity contribution in [2.45, 2.75) is 32.1 Å². The molecule has 3 fully saturated rings. The Morgan fingerprint density at radius 2 is 1.73 bits per heavy atom. The van der Waals surface area contributed by atoms with Crippen LogP contribution in [-0.2, 0) is 11.2 Å². The maximum absolute atomic E-state index is 13.1. The van der Waals surface area contributed by atoms with Gasteiger partial charge in [-0.3, -0.25) is 4.79 Å². The van der Waals surface area contributed by atoms with E-state index in [9.17, 15) is 4.79 Å². The lowest BCUT2D eigenvalue weighted by Crippen LogP contribution is -2.37. The van der Waals surface area contributed by atoms with Gasteiger partial charge in [-0.25, -0.2) is 9.97 Å². The predicted molar refractivity (Wildman–Crippen MR) is 118 cm³/mol. The van der Waals surface area contributed by atoms with E-state index in [4.69, 9.17) is 16.3 Å². The second-order valence-electron chi connectivity index (χ2n) is 8.68. The zero-order valence-corrected chi connectivity index (χ0v) is 17.9. The van der Waals surface area contributed by atoms with Crippen molar-refractivity contribution in [2.24, 2.45) is 5.41 Å². The molecule has 0 aromatic carbocycles. The van der Waals surface area contributed by atoms with Gasteiger partial charge in [0.05, 0.1) is 13.2 Å². The third-order valence-corrected chi connectivity index (χ3v) is 6.92. The number of carbonyl (C=O) groups is 1. The summed E-state index contributed by atoms with van der Waals surface area (Å²) in [5.74, 6) is 1.70. The monoisotopic (exact) mass is 426 g/mol. The lowest BCUT2D eigenvalue weighted by molar-refractivity contribution is 0.0988. The van der Waals surface area contributed by atoms with Crippen LogP contribution in [0.25, 0.3) is 0 Å². The Bertz CT molecular complexity index is 931. The first-order valence-corrected chi connectivity index (χ1v) is 11.2. The van der Waals surface area contributed by atoms with E-state index in [-0.39, 0.29) is 12.2 Å².